The Labute approximate surface area is 160 Å². The van der Waals surface area contributed by atoms with Crippen LogP contribution in [0, 0.1) is 12.8 Å². The summed E-state index contributed by atoms with van der Waals surface area (Å²) in [5, 5.41) is 5.90. The molecule has 27 heavy (non-hydrogen) atoms. The Balaban J connectivity index is 1.90. The Morgan fingerprint density at radius 3 is 2.26 bits per heavy atom. The summed E-state index contributed by atoms with van der Waals surface area (Å²) in [7, 11) is 0. The van der Waals surface area contributed by atoms with E-state index in [4.69, 9.17) is 5.73 Å². The lowest BCUT2D eigenvalue weighted by molar-refractivity contribution is -0.125. The van der Waals surface area contributed by atoms with Gasteiger partial charge in [-0.2, -0.15) is 0 Å². The molecule has 1 saturated heterocycles. The standard InChI is InChI=1S/C20H30N4O3/c1-13(2)18(23-19(26)15-6-4-14(3)5-7-15)20(27)22-16-8-10-24(11-9-16)12-17(21)25/h4-7,13,16,18H,8-12H2,1-3H3,(H2,21,25)(H,22,27)(H,23,26). The number of primary amides is 1. The van der Waals surface area contributed by atoms with Gasteiger partial charge in [-0.3, -0.25) is 19.3 Å². The fourth-order valence-corrected chi connectivity index (χ4v) is 3.21. The predicted octanol–water partition coefficient (Wildman–Crippen LogP) is 0.815. The SMILES string of the molecule is Cc1ccc(C(=O)NC(C(=O)NC2CCN(CC(N)=O)CC2)C(C)C)cc1. The lowest BCUT2D eigenvalue weighted by Gasteiger charge is -2.33. The summed E-state index contributed by atoms with van der Waals surface area (Å²) < 4.78 is 0. The molecule has 0 aliphatic carbocycles. The fraction of sp³-hybridized carbons (Fsp3) is 0.550. The molecule has 148 valence electrons. The molecule has 0 radical (unpaired) electrons. The van der Waals surface area contributed by atoms with Gasteiger partial charge < -0.3 is 16.4 Å². The first-order valence-electron chi connectivity index (χ1n) is 9.45. The number of aryl methyl sites for hydroxylation is 1. The molecule has 7 nitrogen and oxygen atoms in total. The molecule has 0 bridgehead atoms. The van der Waals surface area contributed by atoms with Crippen LogP contribution < -0.4 is 16.4 Å². The molecule has 1 unspecified atom stereocenters. The molecule has 1 fully saturated rings. The van der Waals surface area contributed by atoms with Gasteiger partial charge in [0.05, 0.1) is 6.54 Å². The van der Waals surface area contributed by atoms with E-state index in [1.54, 1.807) is 12.1 Å². The largest absolute Gasteiger partial charge is 0.369 e. The first kappa shape index (κ1) is 20.9. The summed E-state index contributed by atoms with van der Waals surface area (Å²) in [4.78, 5) is 38.2. The predicted molar refractivity (Wildman–Crippen MR) is 104 cm³/mol. The minimum atomic E-state index is -0.595. The van der Waals surface area contributed by atoms with E-state index in [2.05, 4.69) is 10.6 Å². The van der Waals surface area contributed by atoms with Gasteiger partial charge in [0.1, 0.15) is 6.04 Å². The minimum Gasteiger partial charge on any atom is -0.369 e. The normalized spacial score (nSPS) is 16.7. The quantitative estimate of drug-likeness (QED) is 0.657. The van der Waals surface area contributed by atoms with Gasteiger partial charge in [-0.1, -0.05) is 31.5 Å². The van der Waals surface area contributed by atoms with Crippen LogP contribution in [0.15, 0.2) is 24.3 Å². The van der Waals surface area contributed by atoms with Gasteiger partial charge in [0.15, 0.2) is 0 Å². The van der Waals surface area contributed by atoms with Gasteiger partial charge in [0.2, 0.25) is 11.8 Å². The summed E-state index contributed by atoms with van der Waals surface area (Å²) in [5.74, 6) is -0.788. The molecule has 1 heterocycles. The third kappa shape index (κ3) is 6.36. The summed E-state index contributed by atoms with van der Waals surface area (Å²) >= 11 is 0. The van der Waals surface area contributed by atoms with Crippen molar-refractivity contribution in [3.8, 4) is 0 Å². The molecule has 3 amide bonds. The first-order valence-corrected chi connectivity index (χ1v) is 9.45. The van der Waals surface area contributed by atoms with Crippen molar-refractivity contribution in [1.82, 2.24) is 15.5 Å². The number of hydrogen-bond donors (Lipinski definition) is 3. The number of likely N-dealkylation sites (tertiary alicyclic amines) is 1. The van der Waals surface area contributed by atoms with Gasteiger partial charge in [-0.25, -0.2) is 0 Å². The number of nitrogens with one attached hydrogen (secondary N) is 2. The van der Waals surface area contributed by atoms with E-state index < -0.39 is 6.04 Å². The van der Waals surface area contributed by atoms with Crippen molar-refractivity contribution in [2.45, 2.75) is 45.7 Å². The van der Waals surface area contributed by atoms with Gasteiger partial charge >= 0.3 is 0 Å². The zero-order valence-corrected chi connectivity index (χ0v) is 16.3. The zero-order valence-electron chi connectivity index (χ0n) is 16.3. The Morgan fingerprint density at radius 1 is 1.15 bits per heavy atom. The lowest BCUT2D eigenvalue weighted by Crippen LogP contribution is -2.54. The summed E-state index contributed by atoms with van der Waals surface area (Å²) in [5.41, 5.74) is 6.84. The molecule has 1 aromatic rings. The molecule has 0 aromatic heterocycles. The van der Waals surface area contributed by atoms with E-state index >= 15 is 0 Å². The van der Waals surface area contributed by atoms with Crippen LogP contribution in [-0.4, -0.2) is 54.3 Å². The number of carbonyl (C=O) groups excluding carboxylic acids is 3. The molecule has 0 spiro atoms. The summed E-state index contributed by atoms with van der Waals surface area (Å²) in [6.07, 6.45) is 1.52. The van der Waals surface area contributed by atoms with Crippen molar-refractivity contribution in [3.63, 3.8) is 0 Å². The minimum absolute atomic E-state index is 0.0330. The van der Waals surface area contributed by atoms with Gasteiger partial charge in [0, 0.05) is 24.7 Å². The van der Waals surface area contributed by atoms with Gasteiger partial charge in [-0.15, -0.1) is 0 Å². The number of nitrogens with zero attached hydrogens (tertiary/aromatic N) is 1. The monoisotopic (exact) mass is 374 g/mol. The number of benzene rings is 1. The number of piperidine rings is 1. The highest BCUT2D eigenvalue weighted by Crippen LogP contribution is 2.12. The second kappa shape index (κ2) is 9.50. The third-order valence-corrected chi connectivity index (χ3v) is 4.86. The van der Waals surface area contributed by atoms with Crippen molar-refractivity contribution in [3.05, 3.63) is 35.4 Å². The maximum Gasteiger partial charge on any atom is 0.251 e. The third-order valence-electron chi connectivity index (χ3n) is 4.86. The zero-order chi connectivity index (χ0) is 20.0. The maximum atomic E-state index is 12.7. The lowest BCUT2D eigenvalue weighted by atomic mass is 10.00. The molecule has 1 aromatic carbocycles. The highest BCUT2D eigenvalue weighted by molar-refractivity contribution is 5.97. The Morgan fingerprint density at radius 2 is 1.74 bits per heavy atom. The Hall–Kier alpha value is -2.41. The molecular weight excluding hydrogens is 344 g/mol. The highest BCUT2D eigenvalue weighted by Gasteiger charge is 2.28. The number of nitrogens with two attached hydrogens (primary N) is 1. The molecule has 4 N–H and O–H groups in total. The summed E-state index contributed by atoms with van der Waals surface area (Å²) in [6, 6.07) is 6.71. The van der Waals surface area contributed by atoms with Crippen LogP contribution in [0.5, 0.6) is 0 Å². The van der Waals surface area contributed by atoms with Crippen molar-refractivity contribution in [2.24, 2.45) is 11.7 Å². The molecule has 1 atom stereocenters. The molecule has 0 saturated carbocycles. The molecule has 2 rings (SSSR count). The number of amides is 3. The Kier molecular flexibility index (Phi) is 7.36. The van der Waals surface area contributed by atoms with Crippen LogP contribution >= 0.6 is 0 Å². The maximum absolute atomic E-state index is 12.7. The van der Waals surface area contributed by atoms with Crippen LogP contribution in [0.1, 0.15) is 42.6 Å². The van der Waals surface area contributed by atoms with Crippen LogP contribution in [0.25, 0.3) is 0 Å². The molecule has 7 heteroatoms. The van der Waals surface area contributed by atoms with Crippen LogP contribution in [-0.2, 0) is 9.59 Å². The van der Waals surface area contributed by atoms with Crippen molar-refractivity contribution in [2.75, 3.05) is 19.6 Å². The van der Waals surface area contributed by atoms with Gasteiger partial charge in [0.25, 0.3) is 5.91 Å². The van der Waals surface area contributed by atoms with E-state index in [0.29, 0.717) is 5.56 Å². The average molecular weight is 374 g/mol. The first-order chi connectivity index (χ1) is 12.8. The number of carbonyl (C=O) groups is 3. The van der Waals surface area contributed by atoms with E-state index in [0.717, 1.165) is 31.5 Å². The average Bonchev–Trinajstić information content (AvgIpc) is 2.61. The summed E-state index contributed by atoms with van der Waals surface area (Å²) in [6.45, 7) is 7.47. The van der Waals surface area contributed by atoms with Gasteiger partial charge in [-0.05, 0) is 37.8 Å². The van der Waals surface area contributed by atoms with Crippen LogP contribution in [0.2, 0.25) is 0 Å². The second-order valence-electron chi connectivity index (χ2n) is 7.59. The van der Waals surface area contributed by atoms with Crippen LogP contribution in [0.4, 0.5) is 0 Å². The van der Waals surface area contributed by atoms with E-state index in [-0.39, 0.29) is 36.2 Å². The van der Waals surface area contributed by atoms with E-state index in [9.17, 15) is 14.4 Å². The number of rotatable bonds is 7. The highest BCUT2D eigenvalue weighted by atomic mass is 16.2. The molecule has 1 aliphatic rings. The van der Waals surface area contributed by atoms with Crippen molar-refractivity contribution < 1.29 is 14.4 Å². The topological polar surface area (TPSA) is 105 Å². The fourth-order valence-electron chi connectivity index (χ4n) is 3.21. The van der Waals surface area contributed by atoms with Crippen molar-refractivity contribution in [1.29, 1.82) is 0 Å². The second-order valence-corrected chi connectivity index (χ2v) is 7.59. The van der Waals surface area contributed by atoms with E-state index in [1.807, 2.05) is 37.8 Å². The number of hydrogen-bond acceptors (Lipinski definition) is 4. The molecular formula is C20H30N4O3. The smallest absolute Gasteiger partial charge is 0.251 e. The molecule has 1 aliphatic heterocycles. The van der Waals surface area contributed by atoms with E-state index in [1.165, 1.54) is 0 Å². The Bertz CT molecular complexity index is 664. The van der Waals surface area contributed by atoms with Crippen molar-refractivity contribution >= 4 is 17.7 Å². The van der Waals surface area contributed by atoms with Crippen LogP contribution in [0.3, 0.4) is 0 Å².